The molecule has 104 valence electrons. The van der Waals surface area contributed by atoms with Crippen LogP contribution in [0.5, 0.6) is 0 Å². The zero-order valence-corrected chi connectivity index (χ0v) is 11.3. The third-order valence-corrected chi connectivity index (χ3v) is 4.50. The van der Waals surface area contributed by atoms with Crippen LogP contribution in [0.25, 0.3) is 0 Å². The molecule has 3 heterocycles. The van der Waals surface area contributed by atoms with Crippen molar-refractivity contribution in [2.45, 2.75) is 57.8 Å². The second-order valence-electron chi connectivity index (χ2n) is 5.76. The molecule has 5 nitrogen and oxygen atoms in total. The van der Waals surface area contributed by atoms with Gasteiger partial charge in [-0.25, -0.2) is 0 Å². The smallest absolute Gasteiger partial charge is 0.308 e. The third kappa shape index (κ3) is 2.27. The largest absolute Gasteiger partial charge is 0.481 e. The molecule has 2 saturated heterocycles. The second-order valence-corrected chi connectivity index (χ2v) is 5.76. The molecule has 0 aliphatic carbocycles. The fraction of sp³-hybridized carbons (Fsp3) is 0.714. The summed E-state index contributed by atoms with van der Waals surface area (Å²) in [6.07, 6.45) is 8.10. The maximum atomic E-state index is 11.2. The average Bonchev–Trinajstić information content (AvgIpc) is 3.06. The van der Waals surface area contributed by atoms with Gasteiger partial charge in [0.2, 0.25) is 0 Å². The van der Waals surface area contributed by atoms with Crippen molar-refractivity contribution in [3.8, 4) is 0 Å². The molecule has 2 bridgehead atoms. The van der Waals surface area contributed by atoms with Crippen molar-refractivity contribution < 1.29 is 9.90 Å². The molecule has 0 radical (unpaired) electrons. The Hall–Kier alpha value is -1.36. The van der Waals surface area contributed by atoms with Gasteiger partial charge in [0.05, 0.1) is 12.1 Å². The molecule has 3 rings (SSSR count). The van der Waals surface area contributed by atoms with E-state index in [2.05, 4.69) is 23.1 Å². The SMILES string of the molecule is CCCn1cc(CN2C3CCC2C(C(=O)O)C3)cn1. The molecule has 2 aliphatic rings. The fourth-order valence-corrected chi connectivity index (χ4v) is 3.66. The van der Waals surface area contributed by atoms with Gasteiger partial charge in [0.15, 0.2) is 0 Å². The minimum atomic E-state index is -0.626. The van der Waals surface area contributed by atoms with Crippen LogP contribution in [0.3, 0.4) is 0 Å². The molecule has 19 heavy (non-hydrogen) atoms. The van der Waals surface area contributed by atoms with Gasteiger partial charge in [-0.2, -0.15) is 5.10 Å². The van der Waals surface area contributed by atoms with Crippen LogP contribution in [0.15, 0.2) is 12.4 Å². The van der Waals surface area contributed by atoms with Gasteiger partial charge >= 0.3 is 5.97 Å². The highest BCUT2D eigenvalue weighted by Gasteiger charge is 2.48. The third-order valence-electron chi connectivity index (χ3n) is 4.50. The molecule has 1 aromatic rings. The number of hydrogen-bond acceptors (Lipinski definition) is 3. The van der Waals surface area contributed by atoms with E-state index in [4.69, 9.17) is 0 Å². The van der Waals surface area contributed by atoms with Gasteiger partial charge in [0, 0.05) is 36.9 Å². The van der Waals surface area contributed by atoms with E-state index in [1.165, 1.54) is 5.56 Å². The number of nitrogens with zero attached hydrogens (tertiary/aromatic N) is 3. The van der Waals surface area contributed by atoms with Crippen molar-refractivity contribution in [1.82, 2.24) is 14.7 Å². The van der Waals surface area contributed by atoms with Crippen molar-refractivity contribution in [3.05, 3.63) is 18.0 Å². The first-order valence-corrected chi connectivity index (χ1v) is 7.19. The van der Waals surface area contributed by atoms with Crippen molar-refractivity contribution in [3.63, 3.8) is 0 Å². The Morgan fingerprint density at radius 3 is 3.05 bits per heavy atom. The van der Waals surface area contributed by atoms with Gasteiger partial charge < -0.3 is 5.11 Å². The predicted octanol–water partition coefficient (Wildman–Crippen LogP) is 1.73. The van der Waals surface area contributed by atoms with E-state index in [1.54, 1.807) is 0 Å². The number of rotatable bonds is 5. The maximum Gasteiger partial charge on any atom is 0.308 e. The fourth-order valence-electron chi connectivity index (χ4n) is 3.66. The number of fused-ring (bicyclic) bond motifs is 2. The average molecular weight is 263 g/mol. The van der Waals surface area contributed by atoms with Crippen LogP contribution in [-0.4, -0.2) is 37.8 Å². The number of carboxylic acids is 1. The number of hydrogen-bond donors (Lipinski definition) is 1. The molecule has 3 atom stereocenters. The van der Waals surface area contributed by atoms with Crippen LogP contribution < -0.4 is 0 Å². The topological polar surface area (TPSA) is 58.4 Å². The van der Waals surface area contributed by atoms with Crippen LogP contribution in [0.4, 0.5) is 0 Å². The number of carbonyl (C=O) groups is 1. The lowest BCUT2D eigenvalue weighted by molar-refractivity contribution is -0.142. The lowest BCUT2D eigenvalue weighted by Crippen LogP contribution is -2.32. The summed E-state index contributed by atoms with van der Waals surface area (Å²) in [7, 11) is 0. The summed E-state index contributed by atoms with van der Waals surface area (Å²) in [5.74, 6) is -0.789. The van der Waals surface area contributed by atoms with Crippen molar-refractivity contribution >= 4 is 5.97 Å². The molecule has 3 unspecified atom stereocenters. The zero-order chi connectivity index (χ0) is 13.4. The van der Waals surface area contributed by atoms with E-state index in [0.717, 1.165) is 38.8 Å². The molecule has 1 N–H and O–H groups in total. The van der Waals surface area contributed by atoms with E-state index in [1.807, 2.05) is 10.9 Å². The molecule has 0 saturated carbocycles. The van der Waals surface area contributed by atoms with Gasteiger partial charge in [-0.3, -0.25) is 14.4 Å². The van der Waals surface area contributed by atoms with Gasteiger partial charge in [-0.15, -0.1) is 0 Å². The quantitative estimate of drug-likeness (QED) is 0.879. The lowest BCUT2D eigenvalue weighted by Gasteiger charge is -2.21. The Kier molecular flexibility index (Phi) is 3.31. The first-order chi connectivity index (χ1) is 9.19. The molecule has 5 heteroatoms. The maximum absolute atomic E-state index is 11.2. The Balaban J connectivity index is 1.68. The van der Waals surface area contributed by atoms with E-state index < -0.39 is 5.97 Å². The summed E-state index contributed by atoms with van der Waals surface area (Å²) < 4.78 is 1.97. The van der Waals surface area contributed by atoms with Crippen molar-refractivity contribution in [1.29, 1.82) is 0 Å². The van der Waals surface area contributed by atoms with Crippen LogP contribution in [0, 0.1) is 5.92 Å². The highest BCUT2D eigenvalue weighted by Crippen LogP contribution is 2.42. The highest BCUT2D eigenvalue weighted by molar-refractivity contribution is 5.71. The van der Waals surface area contributed by atoms with Crippen molar-refractivity contribution in [2.75, 3.05) is 0 Å². The minimum Gasteiger partial charge on any atom is -0.481 e. The van der Waals surface area contributed by atoms with Crippen LogP contribution in [-0.2, 0) is 17.9 Å². The molecule has 2 fully saturated rings. The summed E-state index contributed by atoms with van der Waals surface area (Å²) in [6, 6.07) is 0.692. The molecule has 2 aliphatic heterocycles. The zero-order valence-electron chi connectivity index (χ0n) is 11.3. The summed E-state index contributed by atoms with van der Waals surface area (Å²) in [5, 5.41) is 13.6. The standard InChI is InChI=1S/C14H21N3O2/c1-2-5-16-8-10(7-15-16)9-17-11-3-4-13(17)12(6-11)14(18)19/h7-8,11-13H,2-6,9H2,1H3,(H,18,19). The molecular formula is C14H21N3O2. The number of aryl methyl sites for hydroxylation is 1. The van der Waals surface area contributed by atoms with Crippen LogP contribution in [0.2, 0.25) is 0 Å². The van der Waals surface area contributed by atoms with E-state index >= 15 is 0 Å². The van der Waals surface area contributed by atoms with Gasteiger partial charge in [0.25, 0.3) is 0 Å². The predicted molar refractivity (Wildman–Crippen MR) is 70.6 cm³/mol. The Morgan fingerprint density at radius 1 is 1.53 bits per heavy atom. The molecule has 0 spiro atoms. The van der Waals surface area contributed by atoms with Gasteiger partial charge in [-0.05, 0) is 25.7 Å². The van der Waals surface area contributed by atoms with Crippen molar-refractivity contribution in [2.24, 2.45) is 5.92 Å². The number of aliphatic carboxylic acids is 1. The highest BCUT2D eigenvalue weighted by atomic mass is 16.4. The van der Waals surface area contributed by atoms with Crippen LogP contribution in [0.1, 0.15) is 38.2 Å². The Morgan fingerprint density at radius 2 is 2.37 bits per heavy atom. The Bertz CT molecular complexity index is 471. The van der Waals surface area contributed by atoms with Gasteiger partial charge in [0.1, 0.15) is 0 Å². The number of aromatic nitrogens is 2. The molecule has 0 aromatic carbocycles. The first-order valence-electron chi connectivity index (χ1n) is 7.19. The van der Waals surface area contributed by atoms with E-state index in [-0.39, 0.29) is 12.0 Å². The normalized spacial score (nSPS) is 30.1. The van der Waals surface area contributed by atoms with E-state index in [0.29, 0.717) is 6.04 Å². The van der Waals surface area contributed by atoms with Gasteiger partial charge in [-0.1, -0.05) is 6.92 Å². The molecular weight excluding hydrogens is 242 g/mol. The summed E-state index contributed by atoms with van der Waals surface area (Å²) in [5.41, 5.74) is 1.20. The summed E-state index contributed by atoms with van der Waals surface area (Å²) in [4.78, 5) is 13.6. The first kappa shape index (κ1) is 12.7. The Labute approximate surface area is 113 Å². The lowest BCUT2D eigenvalue weighted by atomic mass is 9.89. The second kappa shape index (κ2) is 4.96. The summed E-state index contributed by atoms with van der Waals surface area (Å²) in [6.45, 7) is 3.94. The summed E-state index contributed by atoms with van der Waals surface area (Å²) >= 11 is 0. The monoisotopic (exact) mass is 263 g/mol. The van der Waals surface area contributed by atoms with Crippen LogP contribution >= 0.6 is 0 Å². The minimum absolute atomic E-state index is 0.163. The molecule has 1 aromatic heterocycles. The number of carboxylic acid groups (broad SMARTS) is 1. The van der Waals surface area contributed by atoms with E-state index in [9.17, 15) is 9.90 Å². The molecule has 0 amide bonds.